The molecule has 7 nitrogen and oxygen atoms in total. The molecule has 16 heteroatoms. The van der Waals surface area contributed by atoms with E-state index >= 15 is 0 Å². The monoisotopic (exact) mass is 618 g/mol. The molecule has 1 amide bonds. The highest BCUT2D eigenvalue weighted by Crippen LogP contribution is 2.44. The van der Waals surface area contributed by atoms with Gasteiger partial charge >= 0.3 is 12.4 Å². The Morgan fingerprint density at radius 2 is 1.48 bits per heavy atom. The predicted molar refractivity (Wildman–Crippen MR) is 128 cm³/mol. The second kappa shape index (κ2) is 10.3. The molecule has 1 fully saturated rings. The normalized spacial score (nSPS) is 18.9. The van der Waals surface area contributed by atoms with Gasteiger partial charge in [-0.3, -0.25) is 4.79 Å². The highest BCUT2D eigenvalue weighted by atomic mass is 32.2. The van der Waals surface area contributed by atoms with Crippen molar-refractivity contribution in [3.8, 4) is 0 Å². The third-order valence-electron chi connectivity index (χ3n) is 6.98. The van der Waals surface area contributed by atoms with Gasteiger partial charge in [-0.1, -0.05) is 0 Å². The number of nitrogens with zero attached hydrogens (tertiary/aromatic N) is 1. The number of carbonyl (C=O) groups excluding carboxylic acids is 1. The van der Waals surface area contributed by atoms with Crippen LogP contribution in [-0.2, 0) is 32.0 Å². The molecule has 1 aromatic heterocycles. The first-order valence-electron chi connectivity index (χ1n) is 11.7. The van der Waals surface area contributed by atoms with Crippen molar-refractivity contribution in [1.29, 1.82) is 0 Å². The van der Waals surface area contributed by atoms with Gasteiger partial charge in [0.15, 0.2) is 19.7 Å². The van der Waals surface area contributed by atoms with Gasteiger partial charge in [-0.2, -0.15) is 26.3 Å². The maximum absolute atomic E-state index is 13.9. The molecule has 2 aromatic rings. The molecule has 0 aliphatic heterocycles. The molecular weight excluding hydrogens is 593 g/mol. The Labute approximate surface area is 226 Å². The van der Waals surface area contributed by atoms with Gasteiger partial charge in [0, 0.05) is 12.2 Å². The highest BCUT2D eigenvalue weighted by Gasteiger charge is 2.49. The minimum Gasteiger partial charge on any atom is -0.348 e. The number of sulfone groups is 2. The van der Waals surface area contributed by atoms with Gasteiger partial charge in [0.25, 0.3) is 5.91 Å². The smallest absolute Gasteiger partial charge is 0.348 e. The van der Waals surface area contributed by atoms with Crippen LogP contribution in [0.25, 0.3) is 0 Å². The van der Waals surface area contributed by atoms with E-state index in [-0.39, 0.29) is 18.9 Å². The fourth-order valence-electron chi connectivity index (χ4n) is 4.20. The van der Waals surface area contributed by atoms with Crippen LogP contribution in [0.4, 0.5) is 30.7 Å². The Hall–Kier alpha value is -2.75. The zero-order valence-corrected chi connectivity index (χ0v) is 23.1. The number of pyridine rings is 1. The summed E-state index contributed by atoms with van der Waals surface area (Å²) in [5, 5.41) is 1.25. The van der Waals surface area contributed by atoms with E-state index in [1.165, 1.54) is 27.7 Å². The van der Waals surface area contributed by atoms with Gasteiger partial charge in [0.1, 0.15) is 11.5 Å². The fourth-order valence-corrected chi connectivity index (χ4v) is 7.21. The molecule has 0 radical (unpaired) electrons. The number of nitrogens with one attached hydrogen (secondary N) is 1. The van der Waals surface area contributed by atoms with Gasteiger partial charge in [-0.25, -0.2) is 26.2 Å². The Morgan fingerprint density at radius 1 is 0.925 bits per heavy atom. The van der Waals surface area contributed by atoms with Crippen LogP contribution >= 0.6 is 0 Å². The Balaban J connectivity index is 1.83. The number of hydrogen-bond donors (Lipinski definition) is 1. The van der Waals surface area contributed by atoms with Crippen LogP contribution in [0.5, 0.6) is 0 Å². The predicted octanol–water partition coefficient (Wildman–Crippen LogP) is 5.20. The summed E-state index contributed by atoms with van der Waals surface area (Å²) < 4.78 is 143. The maximum Gasteiger partial charge on any atom is 0.417 e. The summed E-state index contributed by atoms with van der Waals surface area (Å²) in [5.41, 5.74) is -3.61. The van der Waals surface area contributed by atoms with Crippen molar-refractivity contribution in [2.24, 2.45) is 5.92 Å². The van der Waals surface area contributed by atoms with Crippen LogP contribution in [0.15, 0.2) is 40.3 Å². The van der Waals surface area contributed by atoms with E-state index in [1.54, 1.807) is 0 Å². The first-order chi connectivity index (χ1) is 18.0. The van der Waals surface area contributed by atoms with Crippen LogP contribution in [0.1, 0.15) is 62.2 Å². The highest BCUT2D eigenvalue weighted by molar-refractivity contribution is 7.93. The van der Waals surface area contributed by atoms with Crippen molar-refractivity contribution in [1.82, 2.24) is 10.3 Å². The molecule has 1 heterocycles. The van der Waals surface area contributed by atoms with Gasteiger partial charge in [0.05, 0.1) is 30.9 Å². The summed E-state index contributed by atoms with van der Waals surface area (Å²) in [7, 11) is -8.89. The van der Waals surface area contributed by atoms with Crippen molar-refractivity contribution in [2.45, 2.75) is 78.7 Å². The molecule has 1 aromatic carbocycles. The van der Waals surface area contributed by atoms with Crippen molar-refractivity contribution in [3.63, 3.8) is 0 Å². The van der Waals surface area contributed by atoms with E-state index in [4.69, 9.17) is 0 Å². The Bertz CT molecular complexity index is 1530. The molecule has 1 aliphatic rings. The molecular formula is C24H25F7N2O5S2. The van der Waals surface area contributed by atoms with E-state index in [9.17, 15) is 52.4 Å². The molecule has 0 saturated heterocycles. The quantitative estimate of drug-likeness (QED) is 0.428. The number of hydrogen-bond acceptors (Lipinski definition) is 6. The van der Waals surface area contributed by atoms with Gasteiger partial charge in [-0.05, 0) is 70.7 Å². The van der Waals surface area contributed by atoms with E-state index in [0.29, 0.717) is 24.4 Å². The summed E-state index contributed by atoms with van der Waals surface area (Å²) >= 11 is 0. The Morgan fingerprint density at radius 3 is 1.98 bits per heavy atom. The maximum atomic E-state index is 13.9. The second-order valence-electron chi connectivity index (χ2n) is 10.3. The molecule has 40 heavy (non-hydrogen) atoms. The minimum absolute atomic E-state index is 0.0215. The van der Waals surface area contributed by atoms with Crippen molar-refractivity contribution < 1.29 is 52.4 Å². The van der Waals surface area contributed by atoms with Crippen LogP contribution in [-0.4, -0.2) is 43.8 Å². The zero-order valence-electron chi connectivity index (χ0n) is 21.5. The van der Waals surface area contributed by atoms with E-state index < -0.39 is 92.3 Å². The molecule has 222 valence electrons. The first kappa shape index (κ1) is 31.8. The van der Waals surface area contributed by atoms with E-state index in [1.807, 2.05) is 0 Å². The molecule has 1 aliphatic carbocycles. The number of benzene rings is 1. The summed E-state index contributed by atoms with van der Waals surface area (Å²) in [6.07, 6.45) is -9.64. The summed E-state index contributed by atoms with van der Waals surface area (Å²) in [5.74, 6) is -3.21. The fraction of sp³-hybridized carbons (Fsp3) is 0.500. The largest absolute Gasteiger partial charge is 0.417 e. The zero-order chi connectivity index (χ0) is 30.6. The lowest BCUT2D eigenvalue weighted by atomic mass is 9.73. The average Bonchev–Trinajstić information content (AvgIpc) is 2.78. The molecule has 0 spiro atoms. The lowest BCUT2D eigenvalue weighted by molar-refractivity contribution is -0.138. The van der Waals surface area contributed by atoms with Crippen LogP contribution in [0.2, 0.25) is 0 Å². The molecule has 1 saturated carbocycles. The lowest BCUT2D eigenvalue weighted by Gasteiger charge is -2.45. The third kappa shape index (κ3) is 5.97. The summed E-state index contributed by atoms with van der Waals surface area (Å²) in [6, 6.07) is 0.570. The molecule has 3 rings (SSSR count). The molecule has 0 unspecified atom stereocenters. The minimum atomic E-state index is -4.99. The molecule has 0 atom stereocenters. The van der Waals surface area contributed by atoms with Crippen molar-refractivity contribution >= 4 is 25.6 Å². The molecule has 0 bridgehead atoms. The van der Waals surface area contributed by atoms with Gasteiger partial charge in [-0.15, -0.1) is 0 Å². The topological polar surface area (TPSA) is 110 Å². The van der Waals surface area contributed by atoms with Crippen LogP contribution in [0.3, 0.4) is 0 Å². The average molecular weight is 619 g/mol. The Kier molecular flexibility index (Phi) is 8.15. The number of aromatic nitrogens is 1. The number of alkyl halides is 6. The van der Waals surface area contributed by atoms with Crippen LogP contribution < -0.4 is 5.32 Å². The molecule has 1 N–H and O–H groups in total. The van der Waals surface area contributed by atoms with E-state index in [0.717, 1.165) is 0 Å². The van der Waals surface area contributed by atoms with Crippen molar-refractivity contribution in [3.05, 3.63) is 53.1 Å². The standard InChI is InChI=1S/C24H25F7N2O5S2/c1-12(2)39(35,36)19-9-15(24(29,30)31)11-32-20(19)21(34)33-17-6-13(7-17)22(3,4)40(37,38)18-8-14(23(26,27)28)5-16(25)10-18/h5,8-13,17H,6-7H2,1-4H3,(H,33,34)/t13-,17+. The lowest BCUT2D eigenvalue weighted by Crippen LogP contribution is -2.53. The first-order valence-corrected chi connectivity index (χ1v) is 14.8. The SMILES string of the molecule is CC(C)S(=O)(=O)c1cc(C(F)(F)F)cnc1C(=O)N[C@H]1C[C@@H](C(C)(C)S(=O)(=O)c2cc(F)cc(C(F)(F)F)c2)C1. The van der Waals surface area contributed by atoms with Gasteiger partial charge < -0.3 is 5.32 Å². The van der Waals surface area contributed by atoms with E-state index in [2.05, 4.69) is 10.3 Å². The summed E-state index contributed by atoms with van der Waals surface area (Å²) in [6.45, 7) is 4.92. The van der Waals surface area contributed by atoms with Gasteiger partial charge in [0.2, 0.25) is 0 Å². The number of carbonyl (C=O) groups is 1. The summed E-state index contributed by atoms with van der Waals surface area (Å²) in [4.78, 5) is 14.5. The number of amides is 1. The van der Waals surface area contributed by atoms with Crippen LogP contribution in [0, 0.1) is 11.7 Å². The van der Waals surface area contributed by atoms with Crippen molar-refractivity contribution in [2.75, 3.05) is 0 Å². The number of halogens is 7. The number of rotatable bonds is 7. The second-order valence-corrected chi connectivity index (χ2v) is 15.3. The third-order valence-corrected chi connectivity index (χ3v) is 11.7.